The zero-order valence-corrected chi connectivity index (χ0v) is 10.7. The van der Waals surface area contributed by atoms with Gasteiger partial charge in [0.05, 0.1) is 11.6 Å². The summed E-state index contributed by atoms with van der Waals surface area (Å²) in [6, 6.07) is 9.36. The average molecular weight is 282 g/mol. The molecule has 0 fully saturated rings. The van der Waals surface area contributed by atoms with Crippen molar-refractivity contribution in [2.45, 2.75) is 19.1 Å². The molecule has 3 nitrogen and oxygen atoms in total. The number of halogens is 3. The molecule has 0 N–H and O–H groups in total. The van der Waals surface area contributed by atoms with Crippen molar-refractivity contribution in [1.29, 1.82) is 5.26 Å². The number of nitriles is 1. The standard InChI is InChI=1S/C14H13F3N2O/c15-14(16,17)10-20-8-2-6-19-7-5-12-11(9-18)3-1-4-13(12)19/h1,3-5,7H,2,6,8,10H2. The Morgan fingerprint density at radius 3 is 2.75 bits per heavy atom. The molecule has 6 heteroatoms. The van der Waals surface area contributed by atoms with Crippen LogP contribution in [0.15, 0.2) is 30.5 Å². The van der Waals surface area contributed by atoms with Crippen LogP contribution in [0.25, 0.3) is 10.9 Å². The SMILES string of the molecule is N#Cc1cccc2c1ccn2CCCOCC(F)(F)F. The largest absolute Gasteiger partial charge is 0.411 e. The fraction of sp³-hybridized carbons (Fsp3) is 0.357. The lowest BCUT2D eigenvalue weighted by atomic mass is 10.1. The van der Waals surface area contributed by atoms with E-state index < -0.39 is 12.8 Å². The molecule has 1 heterocycles. The van der Waals surface area contributed by atoms with E-state index in [1.54, 1.807) is 12.1 Å². The van der Waals surface area contributed by atoms with Crippen LogP contribution in [0.4, 0.5) is 13.2 Å². The highest BCUT2D eigenvalue weighted by atomic mass is 19.4. The molecule has 1 aromatic heterocycles. The van der Waals surface area contributed by atoms with Crippen LogP contribution in [0.5, 0.6) is 0 Å². The minimum absolute atomic E-state index is 0.0527. The third-order valence-electron chi connectivity index (χ3n) is 2.89. The molecule has 0 saturated carbocycles. The smallest absolute Gasteiger partial charge is 0.372 e. The third kappa shape index (κ3) is 3.52. The summed E-state index contributed by atoms with van der Waals surface area (Å²) in [7, 11) is 0. The van der Waals surface area contributed by atoms with E-state index in [2.05, 4.69) is 10.8 Å². The van der Waals surface area contributed by atoms with Gasteiger partial charge >= 0.3 is 6.18 Å². The number of hydrogen-bond donors (Lipinski definition) is 0. The molecule has 2 aromatic rings. The maximum absolute atomic E-state index is 11.9. The predicted octanol–water partition coefficient (Wildman–Crippen LogP) is 3.48. The zero-order chi connectivity index (χ0) is 14.6. The van der Waals surface area contributed by atoms with Gasteiger partial charge < -0.3 is 9.30 Å². The van der Waals surface area contributed by atoms with Crippen LogP contribution in [0, 0.1) is 11.3 Å². The molecule has 2 rings (SSSR count). The van der Waals surface area contributed by atoms with Crippen LogP contribution in [-0.4, -0.2) is 24.0 Å². The summed E-state index contributed by atoms with van der Waals surface area (Å²) < 4.78 is 42.1. The fourth-order valence-corrected chi connectivity index (χ4v) is 2.04. The lowest BCUT2D eigenvalue weighted by Gasteiger charge is -2.08. The summed E-state index contributed by atoms with van der Waals surface area (Å²) in [5.74, 6) is 0. The molecule has 0 amide bonds. The minimum atomic E-state index is -4.28. The zero-order valence-electron chi connectivity index (χ0n) is 10.7. The van der Waals surface area contributed by atoms with Crippen LogP contribution < -0.4 is 0 Å². The maximum Gasteiger partial charge on any atom is 0.411 e. The van der Waals surface area contributed by atoms with Gasteiger partial charge in [0.1, 0.15) is 6.61 Å². The molecule has 106 valence electrons. The van der Waals surface area contributed by atoms with Gasteiger partial charge in [-0.15, -0.1) is 0 Å². The molecule has 0 spiro atoms. The molecular formula is C14H13F3N2O. The molecule has 0 unspecified atom stereocenters. The van der Waals surface area contributed by atoms with Crippen molar-refractivity contribution < 1.29 is 17.9 Å². The Hall–Kier alpha value is -2.00. The lowest BCUT2D eigenvalue weighted by Crippen LogP contribution is -2.17. The second-order valence-electron chi connectivity index (χ2n) is 4.38. The first-order valence-corrected chi connectivity index (χ1v) is 6.14. The predicted molar refractivity (Wildman–Crippen MR) is 68.1 cm³/mol. The number of rotatable bonds is 5. The van der Waals surface area contributed by atoms with Gasteiger partial charge in [-0.05, 0) is 24.6 Å². The monoisotopic (exact) mass is 282 g/mol. The third-order valence-corrected chi connectivity index (χ3v) is 2.89. The number of aryl methyl sites for hydroxylation is 1. The molecule has 0 saturated heterocycles. The molecular weight excluding hydrogens is 269 g/mol. The van der Waals surface area contributed by atoms with Gasteiger partial charge in [0.25, 0.3) is 0 Å². The van der Waals surface area contributed by atoms with Gasteiger partial charge in [0, 0.05) is 30.3 Å². The molecule has 0 bridgehead atoms. The molecule has 20 heavy (non-hydrogen) atoms. The van der Waals surface area contributed by atoms with Crippen LogP contribution >= 0.6 is 0 Å². The Kier molecular flexibility index (Phi) is 4.30. The van der Waals surface area contributed by atoms with Crippen molar-refractivity contribution in [3.8, 4) is 6.07 Å². The van der Waals surface area contributed by atoms with Crippen LogP contribution in [-0.2, 0) is 11.3 Å². The van der Waals surface area contributed by atoms with Crippen LogP contribution in [0.2, 0.25) is 0 Å². The maximum atomic E-state index is 11.9. The summed E-state index contributed by atoms with van der Waals surface area (Å²) in [5.41, 5.74) is 1.49. The van der Waals surface area contributed by atoms with Crippen LogP contribution in [0.1, 0.15) is 12.0 Å². The second-order valence-corrected chi connectivity index (χ2v) is 4.38. The Morgan fingerprint density at radius 1 is 1.25 bits per heavy atom. The van der Waals surface area contributed by atoms with Crippen LogP contribution in [0.3, 0.4) is 0 Å². The first kappa shape index (κ1) is 14.4. The highest BCUT2D eigenvalue weighted by Gasteiger charge is 2.27. The molecule has 0 radical (unpaired) electrons. The van der Waals surface area contributed by atoms with Crippen molar-refractivity contribution in [2.24, 2.45) is 0 Å². The van der Waals surface area contributed by atoms with E-state index in [4.69, 9.17) is 5.26 Å². The summed E-state index contributed by atoms with van der Waals surface area (Å²) in [6.45, 7) is -0.606. The van der Waals surface area contributed by atoms with Gasteiger partial charge in [0.2, 0.25) is 0 Å². The van der Waals surface area contributed by atoms with Crippen molar-refractivity contribution >= 4 is 10.9 Å². The average Bonchev–Trinajstić information content (AvgIpc) is 2.80. The van der Waals surface area contributed by atoms with Crippen molar-refractivity contribution in [2.75, 3.05) is 13.2 Å². The van der Waals surface area contributed by atoms with E-state index in [-0.39, 0.29) is 6.61 Å². The summed E-state index contributed by atoms with van der Waals surface area (Å²) in [5, 5.41) is 9.83. The van der Waals surface area contributed by atoms with Crippen molar-refractivity contribution in [3.05, 3.63) is 36.0 Å². The number of ether oxygens (including phenoxy) is 1. The second kappa shape index (κ2) is 5.97. The van der Waals surface area contributed by atoms with E-state index in [1.807, 2.05) is 22.9 Å². The Balaban J connectivity index is 1.93. The number of nitrogens with zero attached hydrogens (tertiary/aromatic N) is 2. The molecule has 0 aliphatic rings. The van der Waals surface area contributed by atoms with Gasteiger partial charge in [-0.2, -0.15) is 18.4 Å². The van der Waals surface area contributed by atoms with E-state index in [0.29, 0.717) is 18.5 Å². The van der Waals surface area contributed by atoms with Gasteiger partial charge in [-0.25, -0.2) is 0 Å². The highest BCUT2D eigenvalue weighted by Crippen LogP contribution is 2.20. The number of alkyl halides is 3. The minimum Gasteiger partial charge on any atom is -0.372 e. The number of hydrogen-bond acceptors (Lipinski definition) is 2. The van der Waals surface area contributed by atoms with E-state index in [9.17, 15) is 13.2 Å². The first-order chi connectivity index (χ1) is 9.51. The Morgan fingerprint density at radius 2 is 2.05 bits per heavy atom. The quantitative estimate of drug-likeness (QED) is 0.787. The number of fused-ring (bicyclic) bond motifs is 1. The highest BCUT2D eigenvalue weighted by molar-refractivity contribution is 5.85. The Bertz CT molecular complexity index is 625. The van der Waals surface area contributed by atoms with Gasteiger partial charge in [-0.3, -0.25) is 0 Å². The van der Waals surface area contributed by atoms with Gasteiger partial charge in [0.15, 0.2) is 0 Å². The summed E-state index contributed by atoms with van der Waals surface area (Å²) in [4.78, 5) is 0. The van der Waals surface area contributed by atoms with E-state index in [1.165, 1.54) is 0 Å². The number of benzene rings is 1. The number of aromatic nitrogens is 1. The van der Waals surface area contributed by atoms with Crippen molar-refractivity contribution in [1.82, 2.24) is 4.57 Å². The fourth-order valence-electron chi connectivity index (χ4n) is 2.04. The molecule has 0 aliphatic heterocycles. The molecule has 1 aromatic carbocycles. The molecule has 0 aliphatic carbocycles. The summed E-state index contributed by atoms with van der Waals surface area (Å²) in [6.07, 6.45) is -1.96. The summed E-state index contributed by atoms with van der Waals surface area (Å²) >= 11 is 0. The van der Waals surface area contributed by atoms with Crippen molar-refractivity contribution in [3.63, 3.8) is 0 Å². The first-order valence-electron chi connectivity index (χ1n) is 6.14. The van der Waals surface area contributed by atoms with E-state index in [0.717, 1.165) is 10.9 Å². The topological polar surface area (TPSA) is 38.0 Å². The van der Waals surface area contributed by atoms with Gasteiger partial charge in [-0.1, -0.05) is 6.07 Å². The molecule has 0 atom stereocenters. The van der Waals surface area contributed by atoms with E-state index >= 15 is 0 Å². The normalized spacial score (nSPS) is 11.7. The lowest BCUT2D eigenvalue weighted by molar-refractivity contribution is -0.174. The Labute approximate surface area is 114 Å².